The fraction of sp³-hybridized carbons (Fsp3) is 0.0952. The fourth-order valence-electron chi connectivity index (χ4n) is 2.44. The van der Waals surface area contributed by atoms with Crippen molar-refractivity contribution in [2.75, 3.05) is 0 Å². The van der Waals surface area contributed by atoms with E-state index in [0.29, 0.717) is 17.7 Å². The minimum absolute atomic E-state index is 0.0553. The van der Waals surface area contributed by atoms with Gasteiger partial charge in [0.05, 0.1) is 5.56 Å². The molecule has 3 aromatic carbocycles. The van der Waals surface area contributed by atoms with Crippen LogP contribution >= 0.6 is 0 Å². The van der Waals surface area contributed by atoms with E-state index in [0.717, 1.165) is 12.1 Å². The number of hydrogen-bond acceptors (Lipinski definition) is 2. The number of nitriles is 1. The van der Waals surface area contributed by atoms with Crippen molar-refractivity contribution in [3.8, 4) is 22.9 Å². The van der Waals surface area contributed by atoms with Gasteiger partial charge in [-0.15, -0.1) is 0 Å². The Labute approximate surface area is 166 Å². The third-order valence-corrected chi connectivity index (χ3v) is 3.93. The largest absolute Gasteiger partial charge is 0.294 e. The second-order valence-electron chi connectivity index (χ2n) is 5.99. The molecule has 0 aromatic heterocycles. The molecule has 0 saturated carbocycles. The summed E-state index contributed by atoms with van der Waals surface area (Å²) >= 11 is 0. The van der Waals surface area contributed by atoms with Crippen molar-refractivity contribution in [2.45, 2.75) is 13.6 Å². The lowest BCUT2D eigenvalue weighted by atomic mass is 10.0. The highest BCUT2D eigenvalue weighted by Gasteiger charge is 2.14. The number of alkyl halides is 1. The smallest absolute Gasteiger partial charge is 0.177 e. The number of aryl methyl sites for hydroxylation is 1. The SMILES string of the molecule is Cc1ccc(-c2cc(F)c(CF)c(F)c2)c(F)c1.N#Cc1c(F)cc(OF)cc1F. The zero-order valence-electron chi connectivity index (χ0n) is 15.2. The minimum Gasteiger partial charge on any atom is -0.294 e. The summed E-state index contributed by atoms with van der Waals surface area (Å²) in [7, 11) is 0. The van der Waals surface area contributed by atoms with Crippen molar-refractivity contribution in [1.82, 2.24) is 0 Å². The van der Waals surface area contributed by atoms with Gasteiger partial charge in [-0.25, -0.2) is 26.3 Å². The average molecular weight is 427 g/mol. The zero-order valence-corrected chi connectivity index (χ0v) is 15.2. The first kappa shape index (κ1) is 22.7. The molecule has 2 nitrogen and oxygen atoms in total. The Hall–Kier alpha value is -3.54. The summed E-state index contributed by atoms with van der Waals surface area (Å²) in [5.41, 5.74) is -0.539. The Kier molecular flexibility index (Phi) is 7.42. The van der Waals surface area contributed by atoms with Crippen molar-refractivity contribution in [2.24, 2.45) is 0 Å². The molecule has 3 aromatic rings. The highest BCUT2D eigenvalue weighted by atomic mass is 19.3. The highest BCUT2D eigenvalue weighted by Crippen LogP contribution is 2.27. The van der Waals surface area contributed by atoms with Gasteiger partial charge in [0.25, 0.3) is 0 Å². The molecule has 0 spiro atoms. The predicted octanol–water partition coefficient (Wildman–Crippen LogP) is 6.65. The maximum absolute atomic E-state index is 13.7. The Morgan fingerprint density at radius 3 is 1.83 bits per heavy atom. The number of nitrogens with zero attached hydrogens (tertiary/aromatic N) is 1. The van der Waals surface area contributed by atoms with E-state index in [1.54, 1.807) is 13.0 Å². The van der Waals surface area contributed by atoms with Gasteiger partial charge in [0.2, 0.25) is 0 Å². The summed E-state index contributed by atoms with van der Waals surface area (Å²) < 4.78 is 89.4. The van der Waals surface area contributed by atoms with Gasteiger partial charge >= 0.3 is 0 Å². The minimum atomic E-state index is -1.23. The first-order valence-corrected chi connectivity index (χ1v) is 8.20. The van der Waals surface area contributed by atoms with Crippen LogP contribution in [0.1, 0.15) is 16.7 Å². The van der Waals surface area contributed by atoms with E-state index in [1.165, 1.54) is 18.2 Å². The molecule has 0 aliphatic heterocycles. The summed E-state index contributed by atoms with van der Waals surface area (Å²) in [5.74, 6) is -5.49. The maximum atomic E-state index is 13.7. The predicted molar refractivity (Wildman–Crippen MR) is 94.1 cm³/mol. The third-order valence-electron chi connectivity index (χ3n) is 3.93. The summed E-state index contributed by atoms with van der Waals surface area (Å²) in [6.45, 7) is 0.481. The molecule has 3 rings (SSSR count). The topological polar surface area (TPSA) is 33.0 Å². The Balaban J connectivity index is 0.000000232. The van der Waals surface area contributed by atoms with Crippen LogP contribution in [0.3, 0.4) is 0 Å². The van der Waals surface area contributed by atoms with Gasteiger partial charge in [0.1, 0.15) is 47.4 Å². The lowest BCUT2D eigenvalue weighted by molar-refractivity contribution is -0.00692. The van der Waals surface area contributed by atoms with Crippen LogP contribution in [0.25, 0.3) is 11.1 Å². The molecule has 0 aliphatic rings. The normalized spacial score (nSPS) is 10.1. The summed E-state index contributed by atoms with van der Waals surface area (Å²) in [6.07, 6.45) is 0. The van der Waals surface area contributed by atoms with Gasteiger partial charge in [0.15, 0.2) is 5.75 Å². The van der Waals surface area contributed by atoms with Gasteiger partial charge in [-0.1, -0.05) is 12.1 Å². The first-order chi connectivity index (χ1) is 14.2. The van der Waals surface area contributed by atoms with E-state index in [-0.39, 0.29) is 11.1 Å². The Bertz CT molecular complexity index is 1060. The van der Waals surface area contributed by atoms with Crippen molar-refractivity contribution >= 4 is 0 Å². The van der Waals surface area contributed by atoms with Crippen LogP contribution < -0.4 is 4.94 Å². The molecular formula is C21H12F7NO. The Morgan fingerprint density at radius 2 is 1.40 bits per heavy atom. The molecule has 0 atom stereocenters. The molecule has 0 heterocycles. The van der Waals surface area contributed by atoms with Crippen molar-refractivity contribution in [1.29, 1.82) is 5.26 Å². The Morgan fingerprint density at radius 1 is 0.833 bits per heavy atom. The lowest BCUT2D eigenvalue weighted by Crippen LogP contribution is -1.95. The zero-order chi connectivity index (χ0) is 22.4. The molecule has 30 heavy (non-hydrogen) atoms. The van der Waals surface area contributed by atoms with Crippen LogP contribution in [0.4, 0.5) is 30.9 Å². The van der Waals surface area contributed by atoms with Crippen LogP contribution in [-0.4, -0.2) is 0 Å². The third kappa shape index (κ3) is 5.08. The van der Waals surface area contributed by atoms with Gasteiger partial charge in [-0.05, 0) is 36.2 Å². The molecule has 0 amide bonds. The molecule has 0 N–H and O–H groups in total. The molecule has 0 fully saturated rings. The molecule has 9 heteroatoms. The molecule has 0 unspecified atom stereocenters. The molecule has 0 aliphatic carbocycles. The van der Waals surface area contributed by atoms with E-state index in [4.69, 9.17) is 5.26 Å². The number of rotatable bonds is 3. The standard InChI is InChI=1S/C14H10F4.C7H2F3NO/c1-8-2-3-10(12(16)4-8)9-5-13(17)11(7-15)14(18)6-9;8-6-1-4(12-10)2-7(9)5(6)3-11/h2-6H,7H2,1H3;1-2H. The van der Waals surface area contributed by atoms with Crippen LogP contribution in [0.5, 0.6) is 5.75 Å². The van der Waals surface area contributed by atoms with Crippen LogP contribution in [-0.2, 0) is 6.67 Å². The van der Waals surface area contributed by atoms with Crippen LogP contribution in [0.2, 0.25) is 0 Å². The van der Waals surface area contributed by atoms with E-state index in [9.17, 15) is 30.9 Å². The van der Waals surface area contributed by atoms with E-state index in [2.05, 4.69) is 4.94 Å². The van der Waals surface area contributed by atoms with Crippen LogP contribution in [0, 0.1) is 47.3 Å². The second-order valence-corrected chi connectivity index (χ2v) is 5.99. The van der Waals surface area contributed by atoms with E-state index >= 15 is 0 Å². The van der Waals surface area contributed by atoms with Gasteiger partial charge < -0.3 is 0 Å². The highest BCUT2D eigenvalue weighted by molar-refractivity contribution is 5.65. The van der Waals surface area contributed by atoms with Gasteiger partial charge in [0, 0.05) is 22.2 Å². The summed E-state index contributed by atoms with van der Waals surface area (Å²) in [5, 5.41) is 8.20. The lowest BCUT2D eigenvalue weighted by Gasteiger charge is -2.07. The number of halogens is 7. The van der Waals surface area contributed by atoms with Crippen LogP contribution in [0.15, 0.2) is 42.5 Å². The monoisotopic (exact) mass is 427 g/mol. The van der Waals surface area contributed by atoms with Crippen molar-refractivity contribution < 1.29 is 35.8 Å². The molecular weight excluding hydrogens is 415 g/mol. The number of benzene rings is 3. The van der Waals surface area contributed by atoms with E-state index < -0.39 is 52.6 Å². The fourth-order valence-corrected chi connectivity index (χ4v) is 2.44. The number of hydrogen-bond donors (Lipinski definition) is 0. The van der Waals surface area contributed by atoms with E-state index in [1.807, 2.05) is 0 Å². The second kappa shape index (κ2) is 9.78. The first-order valence-electron chi connectivity index (χ1n) is 8.20. The quantitative estimate of drug-likeness (QED) is 0.439. The summed E-state index contributed by atoms with van der Waals surface area (Å²) in [4.78, 5) is 3.09. The van der Waals surface area contributed by atoms with Gasteiger partial charge in [-0.2, -0.15) is 5.26 Å². The van der Waals surface area contributed by atoms with Crippen molar-refractivity contribution in [3.05, 3.63) is 88.2 Å². The van der Waals surface area contributed by atoms with Crippen molar-refractivity contribution in [3.63, 3.8) is 0 Å². The van der Waals surface area contributed by atoms with Gasteiger partial charge in [-0.3, -0.25) is 4.94 Å². The maximum Gasteiger partial charge on any atom is 0.177 e. The summed E-state index contributed by atoms with van der Waals surface area (Å²) in [6, 6.07) is 8.68. The molecule has 0 bridgehead atoms. The molecule has 156 valence electrons. The average Bonchev–Trinajstić information content (AvgIpc) is 2.68. The molecule has 0 radical (unpaired) electrons. The molecule has 0 saturated heterocycles.